The molecule has 4 rings (SSSR count). The Kier molecular flexibility index (Phi) is 4.35. The number of carbonyl (C=O) groups excluding carboxylic acids is 1. The number of nitrogens with zero attached hydrogens (tertiary/aromatic N) is 3. The molecule has 1 aromatic heterocycles. The fourth-order valence-electron chi connectivity index (χ4n) is 3.27. The summed E-state index contributed by atoms with van der Waals surface area (Å²) < 4.78 is 0. The number of anilines is 3. The van der Waals surface area contributed by atoms with E-state index < -0.39 is 0 Å². The van der Waals surface area contributed by atoms with Crippen LogP contribution in [-0.2, 0) is 6.42 Å². The van der Waals surface area contributed by atoms with Crippen molar-refractivity contribution in [1.29, 1.82) is 0 Å². The highest BCUT2D eigenvalue weighted by atomic mass is 16.2. The molecule has 0 aliphatic carbocycles. The molecule has 5 heteroatoms. The van der Waals surface area contributed by atoms with Crippen LogP contribution in [0.25, 0.3) is 0 Å². The average molecular weight is 344 g/mol. The minimum absolute atomic E-state index is 0.0845. The van der Waals surface area contributed by atoms with E-state index >= 15 is 0 Å². The van der Waals surface area contributed by atoms with Gasteiger partial charge in [-0.1, -0.05) is 36.4 Å². The number of rotatable bonds is 3. The maximum atomic E-state index is 13.1. The van der Waals surface area contributed by atoms with E-state index in [-0.39, 0.29) is 5.91 Å². The van der Waals surface area contributed by atoms with E-state index in [1.807, 2.05) is 60.4 Å². The number of benzene rings is 2. The van der Waals surface area contributed by atoms with Crippen molar-refractivity contribution < 1.29 is 4.79 Å². The van der Waals surface area contributed by atoms with Gasteiger partial charge in [-0.25, -0.2) is 9.97 Å². The lowest BCUT2D eigenvalue weighted by Crippen LogP contribution is -2.36. The Bertz CT molecular complexity index is 940. The van der Waals surface area contributed by atoms with E-state index in [2.05, 4.69) is 21.4 Å². The zero-order valence-corrected chi connectivity index (χ0v) is 14.6. The Hall–Kier alpha value is -3.21. The second-order valence-electron chi connectivity index (χ2n) is 6.40. The number of para-hydroxylation sites is 2. The van der Waals surface area contributed by atoms with Crippen molar-refractivity contribution in [2.24, 2.45) is 0 Å². The summed E-state index contributed by atoms with van der Waals surface area (Å²) in [5, 5.41) is 3.17. The van der Waals surface area contributed by atoms with Crippen LogP contribution in [0.1, 0.15) is 28.2 Å². The van der Waals surface area contributed by atoms with Crippen LogP contribution in [0, 0.1) is 6.92 Å². The van der Waals surface area contributed by atoms with Gasteiger partial charge in [0.15, 0.2) is 0 Å². The van der Waals surface area contributed by atoms with E-state index in [0.717, 1.165) is 29.9 Å². The van der Waals surface area contributed by atoms with Crippen LogP contribution in [0.4, 0.5) is 17.3 Å². The molecule has 5 nitrogen and oxygen atoms in total. The molecule has 2 aromatic carbocycles. The molecule has 1 aliphatic rings. The van der Waals surface area contributed by atoms with E-state index in [1.165, 1.54) is 5.56 Å². The lowest BCUT2D eigenvalue weighted by Gasteiger charge is -2.29. The van der Waals surface area contributed by atoms with Crippen molar-refractivity contribution >= 4 is 23.2 Å². The third kappa shape index (κ3) is 3.28. The largest absolute Gasteiger partial charge is 0.324 e. The predicted octanol–water partition coefficient (Wildman–Crippen LogP) is 4.12. The Morgan fingerprint density at radius 3 is 2.65 bits per heavy atom. The van der Waals surface area contributed by atoms with Crippen LogP contribution in [0.3, 0.4) is 0 Å². The Labute approximate surface area is 152 Å². The number of aromatic nitrogens is 2. The fraction of sp³-hybridized carbons (Fsp3) is 0.190. The number of carbonyl (C=O) groups is 1. The standard InChI is InChI=1S/C21H20N4O/c1-15-14-18(24-21(22-15)23-17-10-3-2-4-11-17)20(26)25-13-7-9-16-8-5-6-12-19(16)25/h2-6,8,10-12,14H,7,9,13H2,1H3,(H,22,23,24). The van der Waals surface area contributed by atoms with E-state index in [9.17, 15) is 4.79 Å². The third-order valence-electron chi connectivity index (χ3n) is 4.46. The molecule has 130 valence electrons. The van der Waals surface area contributed by atoms with E-state index in [4.69, 9.17) is 0 Å². The normalized spacial score (nSPS) is 13.2. The van der Waals surface area contributed by atoms with Crippen LogP contribution < -0.4 is 10.2 Å². The quantitative estimate of drug-likeness (QED) is 0.776. The van der Waals surface area contributed by atoms with Crippen molar-refractivity contribution in [2.75, 3.05) is 16.8 Å². The maximum absolute atomic E-state index is 13.1. The van der Waals surface area contributed by atoms with Crippen molar-refractivity contribution in [2.45, 2.75) is 19.8 Å². The molecule has 1 N–H and O–H groups in total. The highest BCUT2D eigenvalue weighted by Crippen LogP contribution is 2.28. The molecule has 0 saturated heterocycles. The first-order valence-electron chi connectivity index (χ1n) is 8.78. The Morgan fingerprint density at radius 2 is 1.81 bits per heavy atom. The minimum Gasteiger partial charge on any atom is -0.324 e. The molecular weight excluding hydrogens is 324 g/mol. The molecule has 0 radical (unpaired) electrons. The van der Waals surface area contributed by atoms with Crippen molar-refractivity contribution in [3.05, 3.63) is 77.6 Å². The summed E-state index contributed by atoms with van der Waals surface area (Å²) in [6, 6.07) is 19.5. The monoisotopic (exact) mass is 344 g/mol. The zero-order valence-electron chi connectivity index (χ0n) is 14.6. The van der Waals surface area contributed by atoms with Crippen molar-refractivity contribution in [1.82, 2.24) is 9.97 Å². The van der Waals surface area contributed by atoms with Gasteiger partial charge in [-0.05, 0) is 49.6 Å². The first-order chi connectivity index (χ1) is 12.7. The van der Waals surface area contributed by atoms with E-state index in [0.29, 0.717) is 18.2 Å². The molecule has 1 amide bonds. The lowest BCUT2D eigenvalue weighted by molar-refractivity contribution is 0.0980. The molecule has 0 bridgehead atoms. The van der Waals surface area contributed by atoms with Gasteiger partial charge in [0.05, 0.1) is 0 Å². The van der Waals surface area contributed by atoms with Gasteiger partial charge in [0.1, 0.15) is 5.69 Å². The van der Waals surface area contributed by atoms with Gasteiger partial charge < -0.3 is 10.2 Å². The number of nitrogens with one attached hydrogen (secondary N) is 1. The van der Waals surface area contributed by atoms with Crippen LogP contribution in [0.15, 0.2) is 60.7 Å². The van der Waals surface area contributed by atoms with Gasteiger partial charge in [-0.15, -0.1) is 0 Å². The van der Waals surface area contributed by atoms with Crippen LogP contribution in [0.5, 0.6) is 0 Å². The van der Waals surface area contributed by atoms with Gasteiger partial charge in [0.25, 0.3) is 5.91 Å². The molecule has 0 saturated carbocycles. The van der Waals surface area contributed by atoms with Gasteiger partial charge in [-0.3, -0.25) is 4.79 Å². The molecule has 26 heavy (non-hydrogen) atoms. The predicted molar refractivity (Wildman–Crippen MR) is 103 cm³/mol. The van der Waals surface area contributed by atoms with Crippen LogP contribution in [0.2, 0.25) is 0 Å². The Morgan fingerprint density at radius 1 is 1.04 bits per heavy atom. The molecule has 0 unspecified atom stereocenters. The van der Waals surface area contributed by atoms with Crippen LogP contribution in [-0.4, -0.2) is 22.4 Å². The number of hydrogen-bond acceptors (Lipinski definition) is 4. The lowest BCUT2D eigenvalue weighted by atomic mass is 10.0. The smallest absolute Gasteiger partial charge is 0.277 e. The summed E-state index contributed by atoms with van der Waals surface area (Å²) in [5.41, 5.74) is 4.25. The van der Waals surface area contributed by atoms with E-state index in [1.54, 1.807) is 6.07 Å². The third-order valence-corrected chi connectivity index (χ3v) is 4.46. The summed E-state index contributed by atoms with van der Waals surface area (Å²) in [7, 11) is 0. The van der Waals surface area contributed by atoms with Gasteiger partial charge >= 0.3 is 0 Å². The van der Waals surface area contributed by atoms with Crippen molar-refractivity contribution in [3.63, 3.8) is 0 Å². The number of aryl methyl sites for hydroxylation is 2. The van der Waals surface area contributed by atoms with Crippen molar-refractivity contribution in [3.8, 4) is 0 Å². The average Bonchev–Trinajstić information content (AvgIpc) is 2.67. The summed E-state index contributed by atoms with van der Waals surface area (Å²) in [5.74, 6) is 0.351. The van der Waals surface area contributed by atoms with Gasteiger partial charge in [0.2, 0.25) is 5.95 Å². The molecule has 0 atom stereocenters. The second kappa shape index (κ2) is 6.96. The fourth-order valence-corrected chi connectivity index (χ4v) is 3.27. The highest BCUT2D eigenvalue weighted by molar-refractivity contribution is 6.05. The van der Waals surface area contributed by atoms with Gasteiger partial charge in [-0.2, -0.15) is 0 Å². The summed E-state index contributed by atoms with van der Waals surface area (Å²) in [6.45, 7) is 2.58. The zero-order chi connectivity index (χ0) is 17.9. The number of amides is 1. The SMILES string of the molecule is Cc1cc(C(=O)N2CCCc3ccccc32)nc(Nc2ccccc2)n1. The number of hydrogen-bond donors (Lipinski definition) is 1. The van der Waals surface area contributed by atoms with Gasteiger partial charge in [0, 0.05) is 23.6 Å². The summed E-state index contributed by atoms with van der Waals surface area (Å²) in [6.07, 6.45) is 1.96. The number of fused-ring (bicyclic) bond motifs is 1. The Balaban J connectivity index is 1.65. The van der Waals surface area contributed by atoms with Crippen LogP contribution >= 0.6 is 0 Å². The summed E-state index contributed by atoms with van der Waals surface area (Å²) in [4.78, 5) is 23.8. The highest BCUT2D eigenvalue weighted by Gasteiger charge is 2.24. The molecular formula is C21H20N4O. The molecule has 2 heterocycles. The first kappa shape index (κ1) is 16.3. The molecule has 0 spiro atoms. The maximum Gasteiger partial charge on any atom is 0.277 e. The summed E-state index contributed by atoms with van der Waals surface area (Å²) >= 11 is 0. The minimum atomic E-state index is -0.0845. The topological polar surface area (TPSA) is 58.1 Å². The second-order valence-corrected chi connectivity index (χ2v) is 6.40. The molecule has 0 fully saturated rings. The first-order valence-corrected chi connectivity index (χ1v) is 8.78. The molecule has 1 aliphatic heterocycles. The molecule has 3 aromatic rings.